The molecule has 1 aromatic carbocycles. The van der Waals surface area contributed by atoms with Gasteiger partial charge >= 0.3 is 0 Å². The number of nitrogens with one attached hydrogen (secondary N) is 2. The van der Waals surface area contributed by atoms with Crippen molar-refractivity contribution in [2.24, 2.45) is 0 Å². The van der Waals surface area contributed by atoms with Gasteiger partial charge in [0.2, 0.25) is 0 Å². The summed E-state index contributed by atoms with van der Waals surface area (Å²) in [5.41, 5.74) is 0.905. The van der Waals surface area contributed by atoms with Crippen LogP contribution in [0.1, 0.15) is 20.8 Å². The molecule has 0 saturated heterocycles. The van der Waals surface area contributed by atoms with Crippen molar-refractivity contribution in [1.82, 2.24) is 15.2 Å². The van der Waals surface area contributed by atoms with Crippen LogP contribution in [-0.4, -0.2) is 56.0 Å². The predicted molar refractivity (Wildman–Crippen MR) is 101 cm³/mol. The van der Waals surface area contributed by atoms with Crippen LogP contribution in [0.25, 0.3) is 0 Å². The van der Waals surface area contributed by atoms with Crippen LogP contribution >= 0.6 is 11.6 Å². The Balaban J connectivity index is 2.10. The summed E-state index contributed by atoms with van der Waals surface area (Å²) in [5.74, 6) is -0.252. The fraction of sp³-hybridized carbons (Fsp3) is 0.278. The van der Waals surface area contributed by atoms with E-state index in [1.54, 1.807) is 24.3 Å². The van der Waals surface area contributed by atoms with Crippen LogP contribution in [0.15, 0.2) is 36.5 Å². The summed E-state index contributed by atoms with van der Waals surface area (Å²) in [5, 5.41) is 5.95. The maximum Gasteiger partial charge on any atom is 0.274 e. The summed E-state index contributed by atoms with van der Waals surface area (Å²) in [6, 6.07) is 7.89. The number of carbonyl (C=O) groups excluding carboxylic acids is 2. The number of methoxy groups -OCH3 is 1. The molecule has 26 heavy (non-hydrogen) atoms. The number of halogens is 1. The van der Waals surface area contributed by atoms with Crippen molar-refractivity contribution in [2.45, 2.75) is 0 Å². The standard InChI is InChI=1S/C18H21ClN4O3/c1-23(2)9-8-21-17(24)12-6-7-20-15(10-12)18(25)22-14-11-13(19)4-5-16(14)26-3/h4-7,10-11H,8-9H2,1-3H3,(H,21,24)(H,22,25). The molecule has 0 aliphatic heterocycles. The van der Waals surface area contributed by atoms with Gasteiger partial charge in [-0.2, -0.15) is 0 Å². The molecule has 0 fully saturated rings. The molecule has 0 atom stereocenters. The first-order valence-corrected chi connectivity index (χ1v) is 8.32. The first kappa shape index (κ1) is 19.7. The lowest BCUT2D eigenvalue weighted by molar-refractivity contribution is 0.0951. The molecule has 0 saturated carbocycles. The maximum atomic E-state index is 12.5. The molecule has 0 bridgehead atoms. The Labute approximate surface area is 157 Å². The van der Waals surface area contributed by atoms with Crippen LogP contribution in [0, 0.1) is 0 Å². The lowest BCUT2D eigenvalue weighted by atomic mass is 10.2. The highest BCUT2D eigenvalue weighted by Crippen LogP contribution is 2.28. The number of ether oxygens (including phenoxy) is 1. The van der Waals surface area contributed by atoms with Crippen molar-refractivity contribution in [3.63, 3.8) is 0 Å². The molecule has 8 heteroatoms. The van der Waals surface area contributed by atoms with E-state index in [1.165, 1.54) is 19.4 Å². The molecule has 2 aromatic rings. The van der Waals surface area contributed by atoms with E-state index in [1.807, 2.05) is 19.0 Å². The molecule has 0 aliphatic carbocycles. The van der Waals surface area contributed by atoms with Crippen LogP contribution in [-0.2, 0) is 0 Å². The third-order valence-corrected chi connectivity index (χ3v) is 3.74. The Kier molecular flexibility index (Phi) is 6.94. The number of likely N-dealkylation sites (N-methyl/N-ethyl adjacent to an activating group) is 1. The monoisotopic (exact) mass is 376 g/mol. The average Bonchev–Trinajstić information content (AvgIpc) is 2.61. The van der Waals surface area contributed by atoms with Gasteiger partial charge < -0.3 is 20.3 Å². The minimum Gasteiger partial charge on any atom is -0.495 e. The van der Waals surface area contributed by atoms with E-state index >= 15 is 0 Å². The quantitative estimate of drug-likeness (QED) is 0.774. The highest BCUT2D eigenvalue weighted by Gasteiger charge is 2.14. The van der Waals surface area contributed by atoms with Crippen LogP contribution in [0.2, 0.25) is 5.02 Å². The second kappa shape index (κ2) is 9.17. The van der Waals surface area contributed by atoms with Gasteiger partial charge in [-0.1, -0.05) is 11.6 Å². The number of nitrogens with zero attached hydrogens (tertiary/aromatic N) is 2. The van der Waals surface area contributed by atoms with Gasteiger partial charge in [0.05, 0.1) is 12.8 Å². The normalized spacial score (nSPS) is 10.5. The summed E-state index contributed by atoms with van der Waals surface area (Å²) in [7, 11) is 5.34. The van der Waals surface area contributed by atoms with Gasteiger partial charge in [0, 0.05) is 29.9 Å². The molecule has 2 rings (SSSR count). The average molecular weight is 377 g/mol. The van der Waals surface area contributed by atoms with Gasteiger partial charge in [-0.3, -0.25) is 14.6 Å². The van der Waals surface area contributed by atoms with Crippen LogP contribution in [0.3, 0.4) is 0 Å². The summed E-state index contributed by atoms with van der Waals surface area (Å²) in [6.07, 6.45) is 1.42. The Morgan fingerprint density at radius 3 is 2.65 bits per heavy atom. The fourth-order valence-corrected chi connectivity index (χ4v) is 2.33. The van der Waals surface area contributed by atoms with Crippen molar-refractivity contribution in [3.05, 3.63) is 52.8 Å². The Hall–Kier alpha value is -2.64. The molecule has 1 heterocycles. The van der Waals surface area contributed by atoms with E-state index in [9.17, 15) is 9.59 Å². The van der Waals surface area contributed by atoms with Crippen molar-refractivity contribution in [1.29, 1.82) is 0 Å². The molecular formula is C18H21ClN4O3. The van der Waals surface area contributed by atoms with Gasteiger partial charge in [0.25, 0.3) is 11.8 Å². The van der Waals surface area contributed by atoms with E-state index in [0.717, 1.165) is 6.54 Å². The number of rotatable bonds is 7. The minimum absolute atomic E-state index is 0.118. The molecule has 0 aliphatic rings. The largest absolute Gasteiger partial charge is 0.495 e. The van der Waals surface area contributed by atoms with Gasteiger partial charge in [0.1, 0.15) is 11.4 Å². The number of benzene rings is 1. The van der Waals surface area contributed by atoms with Gasteiger partial charge in [-0.15, -0.1) is 0 Å². The molecular weight excluding hydrogens is 356 g/mol. The van der Waals surface area contributed by atoms with Gasteiger partial charge in [0.15, 0.2) is 0 Å². The van der Waals surface area contributed by atoms with Crippen LogP contribution < -0.4 is 15.4 Å². The SMILES string of the molecule is COc1ccc(Cl)cc1NC(=O)c1cc(C(=O)NCCN(C)C)ccn1. The first-order valence-electron chi connectivity index (χ1n) is 7.94. The maximum absolute atomic E-state index is 12.5. The summed E-state index contributed by atoms with van der Waals surface area (Å²) in [6.45, 7) is 1.23. The number of aromatic nitrogens is 1. The Morgan fingerprint density at radius 1 is 1.19 bits per heavy atom. The van der Waals surface area contributed by atoms with Crippen molar-refractivity contribution in [2.75, 3.05) is 39.6 Å². The van der Waals surface area contributed by atoms with Gasteiger partial charge in [-0.05, 0) is 44.4 Å². The van der Waals surface area contributed by atoms with Crippen molar-refractivity contribution < 1.29 is 14.3 Å². The highest BCUT2D eigenvalue weighted by atomic mass is 35.5. The predicted octanol–water partition coefficient (Wildman–Crippen LogP) is 2.29. The zero-order valence-corrected chi connectivity index (χ0v) is 15.6. The molecule has 0 spiro atoms. The number of pyridine rings is 1. The topological polar surface area (TPSA) is 83.6 Å². The number of carbonyl (C=O) groups is 2. The minimum atomic E-state index is -0.464. The van der Waals surface area contributed by atoms with Crippen LogP contribution in [0.4, 0.5) is 5.69 Å². The van der Waals surface area contributed by atoms with E-state index in [-0.39, 0.29) is 11.6 Å². The third kappa shape index (κ3) is 5.44. The van der Waals surface area contributed by atoms with Gasteiger partial charge in [-0.25, -0.2) is 0 Å². The van der Waals surface area contributed by atoms with E-state index in [4.69, 9.17) is 16.3 Å². The molecule has 2 N–H and O–H groups in total. The first-order chi connectivity index (χ1) is 12.4. The third-order valence-electron chi connectivity index (χ3n) is 3.51. The van der Waals surface area contributed by atoms with E-state index in [0.29, 0.717) is 28.6 Å². The number of anilines is 1. The number of amides is 2. The Bertz CT molecular complexity index is 796. The fourth-order valence-electron chi connectivity index (χ4n) is 2.16. The zero-order valence-electron chi connectivity index (χ0n) is 14.9. The van der Waals surface area contributed by atoms with Crippen molar-refractivity contribution in [3.8, 4) is 5.75 Å². The molecule has 1 aromatic heterocycles. The summed E-state index contributed by atoms with van der Waals surface area (Å²) >= 11 is 5.96. The number of hydrogen-bond donors (Lipinski definition) is 2. The smallest absolute Gasteiger partial charge is 0.274 e. The highest BCUT2D eigenvalue weighted by molar-refractivity contribution is 6.31. The lowest BCUT2D eigenvalue weighted by Crippen LogP contribution is -2.31. The second-order valence-electron chi connectivity index (χ2n) is 5.79. The molecule has 138 valence electrons. The van der Waals surface area contributed by atoms with Crippen LogP contribution in [0.5, 0.6) is 5.75 Å². The van der Waals surface area contributed by atoms with E-state index < -0.39 is 5.91 Å². The molecule has 0 radical (unpaired) electrons. The zero-order chi connectivity index (χ0) is 19.1. The van der Waals surface area contributed by atoms with E-state index in [2.05, 4.69) is 15.6 Å². The summed E-state index contributed by atoms with van der Waals surface area (Å²) < 4.78 is 5.20. The Morgan fingerprint density at radius 2 is 1.96 bits per heavy atom. The summed E-state index contributed by atoms with van der Waals surface area (Å²) in [4.78, 5) is 30.6. The molecule has 2 amide bonds. The lowest BCUT2D eigenvalue weighted by Gasteiger charge is -2.12. The molecule has 0 unspecified atom stereocenters. The molecule has 7 nitrogen and oxygen atoms in total. The number of hydrogen-bond acceptors (Lipinski definition) is 5. The second-order valence-corrected chi connectivity index (χ2v) is 6.22. The van der Waals surface area contributed by atoms with Crippen molar-refractivity contribution >= 4 is 29.1 Å².